The van der Waals surface area contributed by atoms with Crippen molar-refractivity contribution in [1.82, 2.24) is 0 Å². The van der Waals surface area contributed by atoms with E-state index in [1.807, 2.05) is 13.8 Å². The molecule has 2 fully saturated rings. The number of methoxy groups -OCH3 is 1. The smallest absolute Gasteiger partial charge is 0.164 e. The number of rotatable bonds is 4. The van der Waals surface area contributed by atoms with Gasteiger partial charge in [0.15, 0.2) is 5.79 Å². The number of hydrogen-bond donors (Lipinski definition) is 1. The Morgan fingerprint density at radius 2 is 2.00 bits per heavy atom. The largest absolute Gasteiger partial charge is 0.385 e. The summed E-state index contributed by atoms with van der Waals surface area (Å²) in [5, 5.41) is 10.6. The molecule has 0 spiro atoms. The van der Waals surface area contributed by atoms with E-state index in [0.717, 1.165) is 0 Å². The van der Waals surface area contributed by atoms with Crippen LogP contribution in [0.5, 0.6) is 0 Å². The standard InChI is InChI=1S/C12H18Br2O4/c1-5-7(16-4)8-9(18-10(2,3)17-8)11(15)6-12(11,13)14/h5,7-9,15H,1,6H2,2-4H3/t7?,8?,9?,11-/m1/s1. The first-order chi connectivity index (χ1) is 8.17. The second-order valence-electron chi connectivity index (χ2n) is 5.26. The maximum Gasteiger partial charge on any atom is 0.164 e. The normalized spacial score (nSPS) is 42.6. The summed E-state index contributed by atoms with van der Waals surface area (Å²) < 4.78 is 16.5. The molecule has 0 radical (unpaired) electrons. The SMILES string of the molecule is C=CC(OC)C1OC(C)(C)OC1[C@]1(O)CC1(Br)Br. The molecule has 0 aromatic heterocycles. The number of ether oxygens (including phenoxy) is 3. The molecule has 4 atom stereocenters. The van der Waals surface area contributed by atoms with Gasteiger partial charge in [-0.3, -0.25) is 0 Å². The second kappa shape index (κ2) is 4.53. The van der Waals surface area contributed by atoms with E-state index < -0.39 is 20.7 Å². The van der Waals surface area contributed by atoms with Crippen LogP contribution in [0.15, 0.2) is 12.7 Å². The molecule has 0 bridgehead atoms. The average molecular weight is 386 g/mol. The van der Waals surface area contributed by atoms with Gasteiger partial charge in [0.05, 0.1) is 0 Å². The Kier molecular flexibility index (Phi) is 3.76. The minimum absolute atomic E-state index is 0.322. The van der Waals surface area contributed by atoms with Crippen molar-refractivity contribution in [1.29, 1.82) is 0 Å². The number of hydrogen-bond acceptors (Lipinski definition) is 4. The van der Waals surface area contributed by atoms with E-state index in [0.29, 0.717) is 6.42 Å². The third-order valence-corrected chi connectivity index (χ3v) is 5.36. The predicted molar refractivity (Wildman–Crippen MR) is 75.0 cm³/mol. The average Bonchev–Trinajstić information content (AvgIpc) is 2.60. The Hall–Kier alpha value is 0.540. The summed E-state index contributed by atoms with van der Waals surface area (Å²) in [6.45, 7) is 7.38. The first-order valence-electron chi connectivity index (χ1n) is 5.78. The van der Waals surface area contributed by atoms with E-state index in [2.05, 4.69) is 38.4 Å². The molecule has 6 heteroatoms. The van der Waals surface area contributed by atoms with Crippen LogP contribution < -0.4 is 0 Å². The molecule has 0 aromatic rings. The van der Waals surface area contributed by atoms with Gasteiger partial charge in [-0.05, 0) is 13.8 Å². The fourth-order valence-electron chi connectivity index (χ4n) is 2.37. The molecule has 0 amide bonds. The first-order valence-corrected chi connectivity index (χ1v) is 7.37. The van der Waals surface area contributed by atoms with Gasteiger partial charge in [0.1, 0.15) is 27.1 Å². The highest BCUT2D eigenvalue weighted by Gasteiger charge is 2.73. The summed E-state index contributed by atoms with van der Waals surface area (Å²) in [6, 6.07) is 0. The van der Waals surface area contributed by atoms with E-state index in [9.17, 15) is 5.11 Å². The molecule has 2 aliphatic rings. The van der Waals surface area contributed by atoms with Crippen LogP contribution in [0.3, 0.4) is 0 Å². The zero-order valence-electron chi connectivity index (χ0n) is 10.7. The maximum atomic E-state index is 10.6. The molecule has 1 aliphatic heterocycles. The summed E-state index contributed by atoms with van der Waals surface area (Å²) in [6.07, 6.45) is 1.03. The topological polar surface area (TPSA) is 47.9 Å². The summed E-state index contributed by atoms with van der Waals surface area (Å²) in [5.41, 5.74) is -1.01. The minimum Gasteiger partial charge on any atom is -0.385 e. The molecule has 2 rings (SSSR count). The molecular weight excluding hydrogens is 368 g/mol. The van der Waals surface area contributed by atoms with Crippen LogP contribution in [0.25, 0.3) is 0 Å². The van der Waals surface area contributed by atoms with Crippen molar-refractivity contribution < 1.29 is 19.3 Å². The van der Waals surface area contributed by atoms with Crippen molar-refractivity contribution >= 4 is 31.9 Å². The maximum absolute atomic E-state index is 10.6. The molecule has 1 aliphatic carbocycles. The van der Waals surface area contributed by atoms with Crippen molar-refractivity contribution in [3.8, 4) is 0 Å². The predicted octanol–water partition coefficient (Wildman–Crippen LogP) is 2.33. The Morgan fingerprint density at radius 1 is 1.44 bits per heavy atom. The molecule has 1 saturated heterocycles. The van der Waals surface area contributed by atoms with Crippen LogP contribution in [0.4, 0.5) is 0 Å². The highest BCUT2D eigenvalue weighted by molar-refractivity contribution is 9.25. The van der Waals surface area contributed by atoms with Crippen LogP contribution in [-0.2, 0) is 14.2 Å². The number of halogens is 2. The number of aliphatic hydroxyl groups is 1. The molecule has 4 nitrogen and oxygen atoms in total. The third-order valence-electron chi connectivity index (χ3n) is 3.43. The van der Waals surface area contributed by atoms with Gasteiger partial charge in [-0.15, -0.1) is 6.58 Å². The van der Waals surface area contributed by atoms with Crippen molar-refractivity contribution in [2.24, 2.45) is 0 Å². The molecule has 18 heavy (non-hydrogen) atoms. The molecular formula is C12H18Br2O4. The van der Waals surface area contributed by atoms with Crippen molar-refractivity contribution in [3.05, 3.63) is 12.7 Å². The zero-order chi connectivity index (χ0) is 13.8. The van der Waals surface area contributed by atoms with Crippen LogP contribution in [0.2, 0.25) is 0 Å². The Bertz CT molecular complexity index is 358. The lowest BCUT2D eigenvalue weighted by atomic mass is 10.0. The highest BCUT2D eigenvalue weighted by Crippen LogP contribution is 2.64. The van der Waals surface area contributed by atoms with E-state index in [-0.39, 0.29) is 12.2 Å². The lowest BCUT2D eigenvalue weighted by molar-refractivity contribution is -0.161. The fourth-order valence-corrected chi connectivity index (χ4v) is 3.67. The number of alkyl halides is 2. The summed E-state index contributed by atoms with van der Waals surface area (Å²) in [5.74, 6) is -0.747. The molecule has 1 N–H and O–H groups in total. The Morgan fingerprint density at radius 3 is 2.39 bits per heavy atom. The van der Waals surface area contributed by atoms with E-state index in [1.54, 1.807) is 13.2 Å². The molecule has 1 heterocycles. The van der Waals surface area contributed by atoms with E-state index in [1.165, 1.54) is 0 Å². The fraction of sp³-hybridized carbons (Fsp3) is 0.833. The lowest BCUT2D eigenvalue weighted by Crippen LogP contribution is -2.46. The third kappa shape index (κ3) is 2.31. The van der Waals surface area contributed by atoms with Gasteiger partial charge in [-0.25, -0.2) is 0 Å². The highest BCUT2D eigenvalue weighted by atomic mass is 79.9. The van der Waals surface area contributed by atoms with Gasteiger partial charge < -0.3 is 19.3 Å². The Balaban J connectivity index is 2.25. The molecule has 104 valence electrons. The van der Waals surface area contributed by atoms with E-state index in [4.69, 9.17) is 14.2 Å². The molecule has 0 aromatic carbocycles. The van der Waals surface area contributed by atoms with Gasteiger partial charge in [0.2, 0.25) is 0 Å². The summed E-state index contributed by atoms with van der Waals surface area (Å²) in [4.78, 5) is 0. The van der Waals surface area contributed by atoms with Crippen molar-refractivity contribution in [3.63, 3.8) is 0 Å². The van der Waals surface area contributed by atoms with Gasteiger partial charge >= 0.3 is 0 Å². The van der Waals surface area contributed by atoms with Gasteiger partial charge in [-0.2, -0.15) is 0 Å². The second-order valence-corrected chi connectivity index (χ2v) is 9.03. The van der Waals surface area contributed by atoms with Crippen LogP contribution in [-0.4, -0.2) is 45.1 Å². The lowest BCUT2D eigenvalue weighted by Gasteiger charge is -2.27. The van der Waals surface area contributed by atoms with Crippen LogP contribution >= 0.6 is 31.9 Å². The monoisotopic (exact) mass is 384 g/mol. The zero-order valence-corrected chi connectivity index (χ0v) is 13.8. The Labute approximate surface area is 124 Å². The quantitative estimate of drug-likeness (QED) is 0.596. The van der Waals surface area contributed by atoms with Gasteiger partial charge in [0, 0.05) is 13.5 Å². The van der Waals surface area contributed by atoms with Crippen LogP contribution in [0.1, 0.15) is 20.3 Å². The molecule has 1 saturated carbocycles. The van der Waals surface area contributed by atoms with Gasteiger partial charge in [0.25, 0.3) is 0 Å². The van der Waals surface area contributed by atoms with Crippen molar-refractivity contribution in [2.45, 2.75) is 53.2 Å². The van der Waals surface area contributed by atoms with Gasteiger partial charge in [-0.1, -0.05) is 37.9 Å². The molecule has 3 unspecified atom stereocenters. The summed E-state index contributed by atoms with van der Waals surface area (Å²) >= 11 is 6.88. The minimum atomic E-state index is -1.01. The van der Waals surface area contributed by atoms with E-state index >= 15 is 0 Å². The van der Waals surface area contributed by atoms with Crippen molar-refractivity contribution in [2.75, 3.05) is 7.11 Å². The van der Waals surface area contributed by atoms with Crippen LogP contribution in [0, 0.1) is 0 Å². The summed E-state index contributed by atoms with van der Waals surface area (Å²) in [7, 11) is 1.59. The first kappa shape index (κ1) is 14.9.